The zero-order valence-corrected chi connectivity index (χ0v) is 14.6. The smallest absolute Gasteiger partial charge is 0.142 e. The van der Waals surface area contributed by atoms with E-state index in [0.717, 1.165) is 41.1 Å². The standard InChI is InChI=1S/C18H23N5O/c1-10-14(16-11(2)21-9-22-16)13(8-19)17(20)23-15(10)12-5-6-24-18(3,4)7-12/h9,12H,5-7H2,1-4H3,(H2,20,23)(H,21,22). The molecular formula is C18H23N5O. The molecule has 0 spiro atoms. The fourth-order valence-corrected chi connectivity index (χ4v) is 3.60. The molecule has 0 amide bonds. The van der Waals surface area contributed by atoms with Gasteiger partial charge in [-0.25, -0.2) is 9.97 Å². The van der Waals surface area contributed by atoms with Crippen molar-refractivity contribution in [3.63, 3.8) is 0 Å². The van der Waals surface area contributed by atoms with E-state index in [2.05, 4.69) is 34.9 Å². The van der Waals surface area contributed by atoms with Crippen molar-refractivity contribution in [1.29, 1.82) is 5.26 Å². The maximum atomic E-state index is 9.57. The van der Waals surface area contributed by atoms with E-state index in [0.29, 0.717) is 12.2 Å². The number of nitrogens with one attached hydrogen (secondary N) is 1. The zero-order valence-electron chi connectivity index (χ0n) is 14.6. The number of nitrogen functional groups attached to an aromatic ring is 1. The predicted octanol–water partition coefficient (Wildman–Crippen LogP) is 3.22. The summed E-state index contributed by atoms with van der Waals surface area (Å²) >= 11 is 0. The monoisotopic (exact) mass is 325 g/mol. The van der Waals surface area contributed by atoms with E-state index >= 15 is 0 Å². The van der Waals surface area contributed by atoms with Crippen LogP contribution < -0.4 is 5.73 Å². The number of pyridine rings is 1. The number of hydrogen-bond acceptors (Lipinski definition) is 5. The average Bonchev–Trinajstić information content (AvgIpc) is 2.93. The van der Waals surface area contributed by atoms with Gasteiger partial charge in [0.05, 0.1) is 17.6 Å². The highest BCUT2D eigenvalue weighted by Gasteiger charge is 2.33. The van der Waals surface area contributed by atoms with Crippen LogP contribution in [0, 0.1) is 25.2 Å². The molecule has 0 radical (unpaired) electrons. The van der Waals surface area contributed by atoms with Gasteiger partial charge < -0.3 is 15.5 Å². The maximum absolute atomic E-state index is 9.57. The molecule has 1 atom stereocenters. The molecule has 0 aromatic carbocycles. The zero-order chi connectivity index (χ0) is 17.5. The van der Waals surface area contributed by atoms with Crippen molar-refractivity contribution in [2.24, 2.45) is 0 Å². The molecule has 6 heteroatoms. The summed E-state index contributed by atoms with van der Waals surface area (Å²) in [6.07, 6.45) is 3.42. The highest BCUT2D eigenvalue weighted by Crippen LogP contribution is 2.40. The largest absolute Gasteiger partial charge is 0.383 e. The third kappa shape index (κ3) is 2.76. The minimum atomic E-state index is -0.178. The molecule has 2 aromatic rings. The lowest BCUT2D eigenvalue weighted by Gasteiger charge is -2.36. The first-order valence-electron chi connectivity index (χ1n) is 8.18. The second kappa shape index (κ2) is 5.91. The number of nitrogens with zero attached hydrogens (tertiary/aromatic N) is 3. The van der Waals surface area contributed by atoms with Crippen LogP contribution in [0.2, 0.25) is 0 Å². The number of nitriles is 1. The summed E-state index contributed by atoms with van der Waals surface area (Å²) in [4.78, 5) is 12.1. The Hall–Kier alpha value is -2.39. The van der Waals surface area contributed by atoms with Crippen molar-refractivity contribution in [1.82, 2.24) is 15.0 Å². The van der Waals surface area contributed by atoms with Crippen LogP contribution in [0.1, 0.15) is 55.1 Å². The lowest BCUT2D eigenvalue weighted by Crippen LogP contribution is -2.33. The number of anilines is 1. The van der Waals surface area contributed by atoms with E-state index in [9.17, 15) is 5.26 Å². The van der Waals surface area contributed by atoms with Crippen molar-refractivity contribution >= 4 is 5.82 Å². The van der Waals surface area contributed by atoms with Crippen LogP contribution in [0.3, 0.4) is 0 Å². The number of imidazole rings is 1. The number of aromatic amines is 1. The Morgan fingerprint density at radius 2 is 2.17 bits per heavy atom. The highest BCUT2D eigenvalue weighted by molar-refractivity contribution is 5.78. The van der Waals surface area contributed by atoms with Gasteiger partial charge in [0.2, 0.25) is 0 Å². The maximum Gasteiger partial charge on any atom is 0.142 e. The van der Waals surface area contributed by atoms with E-state index in [1.807, 2.05) is 13.8 Å². The highest BCUT2D eigenvalue weighted by atomic mass is 16.5. The normalized spacial score (nSPS) is 19.9. The number of aromatic nitrogens is 3. The Bertz CT molecular complexity index is 816. The molecule has 3 heterocycles. The summed E-state index contributed by atoms with van der Waals surface area (Å²) in [6, 6.07) is 2.20. The van der Waals surface area contributed by atoms with Crippen molar-refractivity contribution in [2.45, 2.75) is 52.1 Å². The van der Waals surface area contributed by atoms with E-state index < -0.39 is 0 Å². The molecule has 0 bridgehead atoms. The van der Waals surface area contributed by atoms with Gasteiger partial charge in [0.15, 0.2) is 0 Å². The predicted molar refractivity (Wildman–Crippen MR) is 92.4 cm³/mol. The third-order valence-electron chi connectivity index (χ3n) is 4.77. The molecule has 3 N–H and O–H groups in total. The first-order valence-corrected chi connectivity index (χ1v) is 8.18. The summed E-state index contributed by atoms with van der Waals surface area (Å²) in [5, 5.41) is 9.57. The Morgan fingerprint density at radius 1 is 1.42 bits per heavy atom. The van der Waals surface area contributed by atoms with Crippen LogP contribution in [-0.4, -0.2) is 27.2 Å². The molecule has 1 fully saturated rings. The van der Waals surface area contributed by atoms with Crippen molar-refractivity contribution < 1.29 is 4.74 Å². The number of rotatable bonds is 2. The summed E-state index contributed by atoms with van der Waals surface area (Å²) in [7, 11) is 0. The Kier molecular flexibility index (Phi) is 4.06. The summed E-state index contributed by atoms with van der Waals surface area (Å²) in [6.45, 7) is 8.85. The second-order valence-electron chi connectivity index (χ2n) is 7.04. The van der Waals surface area contributed by atoms with Crippen LogP contribution in [-0.2, 0) is 4.74 Å². The van der Waals surface area contributed by atoms with Crippen LogP contribution >= 0.6 is 0 Å². The van der Waals surface area contributed by atoms with Crippen LogP contribution in [0.4, 0.5) is 5.82 Å². The summed E-state index contributed by atoms with van der Waals surface area (Å²) in [5.41, 5.74) is 10.8. The van der Waals surface area contributed by atoms with Gasteiger partial charge in [-0.2, -0.15) is 5.26 Å². The molecule has 0 saturated carbocycles. The van der Waals surface area contributed by atoms with Gasteiger partial charge in [0, 0.05) is 29.5 Å². The van der Waals surface area contributed by atoms with Crippen LogP contribution in [0.25, 0.3) is 11.3 Å². The molecule has 1 saturated heterocycles. The van der Waals surface area contributed by atoms with Gasteiger partial charge in [0.1, 0.15) is 17.5 Å². The summed E-state index contributed by atoms with van der Waals surface area (Å²) in [5.74, 6) is 0.543. The lowest BCUT2D eigenvalue weighted by molar-refractivity contribution is -0.0598. The molecule has 1 aliphatic rings. The van der Waals surface area contributed by atoms with Gasteiger partial charge in [-0.1, -0.05) is 0 Å². The van der Waals surface area contributed by atoms with Crippen molar-refractivity contribution in [2.75, 3.05) is 12.3 Å². The van der Waals surface area contributed by atoms with E-state index in [1.54, 1.807) is 6.33 Å². The topological polar surface area (TPSA) is 101 Å². The fraction of sp³-hybridized carbons (Fsp3) is 0.500. The fourth-order valence-electron chi connectivity index (χ4n) is 3.60. The van der Waals surface area contributed by atoms with E-state index in [-0.39, 0.29) is 17.3 Å². The Morgan fingerprint density at radius 3 is 2.75 bits per heavy atom. The molecule has 3 rings (SSSR count). The minimum Gasteiger partial charge on any atom is -0.383 e. The number of hydrogen-bond donors (Lipinski definition) is 2. The minimum absolute atomic E-state index is 0.178. The molecule has 24 heavy (non-hydrogen) atoms. The van der Waals surface area contributed by atoms with Crippen LogP contribution in [0.5, 0.6) is 0 Å². The molecular weight excluding hydrogens is 302 g/mol. The van der Waals surface area contributed by atoms with Crippen LogP contribution in [0.15, 0.2) is 6.33 Å². The Balaban J connectivity index is 2.18. The first kappa shape index (κ1) is 16.5. The van der Waals surface area contributed by atoms with E-state index in [1.165, 1.54) is 0 Å². The summed E-state index contributed by atoms with van der Waals surface area (Å²) < 4.78 is 5.82. The average molecular weight is 325 g/mol. The number of H-pyrrole nitrogens is 1. The molecule has 1 unspecified atom stereocenters. The number of nitrogens with two attached hydrogens (primary N) is 1. The SMILES string of the molecule is Cc1[nH]cnc1-c1c(C)c(C2CCOC(C)(C)C2)nc(N)c1C#N. The molecule has 6 nitrogen and oxygen atoms in total. The quantitative estimate of drug-likeness (QED) is 0.883. The van der Waals surface area contributed by atoms with Gasteiger partial charge in [-0.15, -0.1) is 0 Å². The van der Waals surface area contributed by atoms with Gasteiger partial charge >= 0.3 is 0 Å². The Labute approximate surface area is 142 Å². The van der Waals surface area contributed by atoms with Gasteiger partial charge in [-0.05, 0) is 46.1 Å². The van der Waals surface area contributed by atoms with Crippen molar-refractivity contribution in [3.8, 4) is 17.3 Å². The molecule has 2 aromatic heterocycles. The molecule has 0 aliphatic carbocycles. The third-order valence-corrected chi connectivity index (χ3v) is 4.77. The molecule has 1 aliphatic heterocycles. The van der Waals surface area contributed by atoms with Gasteiger partial charge in [0.25, 0.3) is 0 Å². The second-order valence-corrected chi connectivity index (χ2v) is 7.04. The number of ether oxygens (including phenoxy) is 1. The van der Waals surface area contributed by atoms with Gasteiger partial charge in [-0.3, -0.25) is 0 Å². The number of aryl methyl sites for hydroxylation is 1. The first-order chi connectivity index (χ1) is 11.3. The van der Waals surface area contributed by atoms with Crippen molar-refractivity contribution in [3.05, 3.63) is 28.8 Å². The lowest BCUT2D eigenvalue weighted by atomic mass is 9.83. The molecule has 126 valence electrons. The van der Waals surface area contributed by atoms with E-state index in [4.69, 9.17) is 10.5 Å².